The minimum Gasteiger partial charge on any atom is -0.510 e. The molecule has 0 saturated heterocycles. The maximum absolute atomic E-state index is 10.5. The first-order chi connectivity index (χ1) is 62.8. The Kier molecular flexibility index (Phi) is 7.91. The largest absolute Gasteiger partial charge is 0.510 e. The van der Waals surface area contributed by atoms with Gasteiger partial charge in [-0.2, -0.15) is 18.2 Å². The first kappa shape index (κ1) is 31.6. The van der Waals surface area contributed by atoms with Gasteiger partial charge in [0.05, 0.1) is 24.9 Å². The first-order valence-corrected chi connectivity index (χ1v) is 32.1. The molecule has 0 aliphatic heterocycles. The van der Waals surface area contributed by atoms with E-state index in [1.54, 1.807) is 28.8 Å². The van der Waals surface area contributed by atoms with Crippen molar-refractivity contribution in [1.82, 2.24) is 14.1 Å². The summed E-state index contributed by atoms with van der Waals surface area (Å²) in [7, 11) is -3.17. The van der Waals surface area contributed by atoms with Crippen LogP contribution in [0.1, 0.15) is 164 Å². The van der Waals surface area contributed by atoms with Gasteiger partial charge in [0.2, 0.25) is 0 Å². The van der Waals surface area contributed by atoms with Crippen LogP contribution in [0.4, 0.5) is 0 Å². The number of benzene rings is 11. The monoisotopic (exact) mass is 1480 g/mol. The number of hydrogen-bond acceptors (Lipinski definition) is 2. The Bertz CT molecular complexity index is 6830. The Morgan fingerprint density at radius 3 is 1.62 bits per heavy atom. The topological polar surface area (TPSA) is 35.9 Å². The van der Waals surface area contributed by atoms with Crippen LogP contribution in [0.15, 0.2) is 261 Å². The fourth-order valence-electron chi connectivity index (χ4n) is 13.1. The van der Waals surface area contributed by atoms with Crippen molar-refractivity contribution < 1.29 is 86.6 Å². The zero-order valence-electron chi connectivity index (χ0n) is 91.4. The Morgan fingerprint density at radius 2 is 1.02 bits per heavy atom. The number of para-hydroxylation sites is 4. The third kappa shape index (κ3) is 10.5. The zero-order chi connectivity index (χ0) is 99.9. The molecule has 0 fully saturated rings. The average Bonchev–Trinajstić information content (AvgIpc) is 1.07. The number of pyridine rings is 1. The van der Waals surface area contributed by atoms with E-state index in [0.29, 0.717) is 32.9 Å². The predicted octanol–water partition coefficient (Wildman–Crippen LogP) is 19.0. The van der Waals surface area contributed by atoms with Crippen LogP contribution in [0.2, 0.25) is 0 Å². The molecule has 0 bridgehead atoms. The summed E-state index contributed by atoms with van der Waals surface area (Å²) in [6.07, 6.45) is -14.9. The molecule has 0 atom stereocenters. The van der Waals surface area contributed by atoms with Gasteiger partial charge in [0, 0.05) is 97.8 Å². The Morgan fingerprint density at radius 1 is 0.490 bits per heavy atom. The number of fused-ring (bicyclic) bond motifs is 6. The van der Waals surface area contributed by atoms with Gasteiger partial charge in [0.1, 0.15) is 5.82 Å². The van der Waals surface area contributed by atoms with Crippen molar-refractivity contribution in [2.24, 2.45) is 0 Å². The van der Waals surface area contributed by atoms with Crippen LogP contribution < -0.4 is 30.1 Å². The summed E-state index contributed by atoms with van der Waals surface area (Å²) < 4.78 is 393. The third-order valence-corrected chi connectivity index (χ3v) is 22.3. The fraction of sp³-hybridized carbons (Fsp3) is 0.191. The number of rotatable bonds is 12. The molecule has 11 aromatic carbocycles. The maximum atomic E-state index is 10.5. The second kappa shape index (κ2) is 24.0. The molecule has 16 rings (SSSR count). The van der Waals surface area contributed by atoms with E-state index in [4.69, 9.17) is 42.6 Å². The minimum atomic E-state index is -4.89. The van der Waals surface area contributed by atoms with E-state index in [-0.39, 0.29) is 60.7 Å². The number of hydrogen-bond donors (Lipinski definition) is 0. The molecular formula is C89H78N4OPtSi-2. The minimum absolute atomic E-state index is 0. The fourth-order valence-corrected chi connectivity index (χ4v) is 17.9. The summed E-state index contributed by atoms with van der Waals surface area (Å²) >= 11 is 0. The smallest absolute Gasteiger partial charge is 0.268 e. The Hall–Kier alpha value is -9.45. The van der Waals surface area contributed by atoms with E-state index in [9.17, 15) is 23.3 Å². The number of ether oxygens (including phenoxy) is 1. The quantitative estimate of drug-likeness (QED) is 0.0529. The number of aryl methyl sites for hydroxylation is 1. The molecule has 0 saturated carbocycles. The van der Waals surface area contributed by atoms with Gasteiger partial charge in [-0.3, -0.25) is 4.57 Å². The summed E-state index contributed by atoms with van der Waals surface area (Å²) in [6, 6.07) is 58.8. The summed E-state index contributed by atoms with van der Waals surface area (Å²) in [5, 5.41) is 5.47. The molecule has 3 heterocycles. The molecule has 476 valence electrons. The first-order valence-electron chi connectivity index (χ1n) is 50.6. The molecule has 0 unspecified atom stereocenters. The van der Waals surface area contributed by atoms with E-state index in [1.807, 2.05) is 84.9 Å². The van der Waals surface area contributed by atoms with Crippen LogP contribution in [0.5, 0.6) is 11.5 Å². The SMILES string of the molecule is [2H]c1c([2H])c2c(c([2H])c1-c1cccc(-c3c([2H])c([2H])c4c(c3[2H])C(C([2H])([2H])[2H])(C([2H])([2H])[2H])C([2H])([2H])C([2H])([2H])C4(C([2H])([2H])[2H])C([2H])([2H])[2H])c1-[n+]1[c-]n(-c3[c-]c(Oc4[c-]c5c(cc4)c4ccccc4n5-c4cc(C([2H])([2H])[2H])c(-c5cccc([Si](c6ccccc6)(c6ccccc6)c6ccccc6)c5)cn4)ccc3)c3ccccc31)C(C([2H])([2H])[2H])(C([2H])([2H])[2H])C([2H])([2H])C([2H])([2H])C2(C([2H])([2H])[2H])C([2H])([2H])[2H].[Pt]. The predicted molar refractivity (Wildman–Crippen MR) is 395 cm³/mol. The van der Waals surface area contributed by atoms with Crippen molar-refractivity contribution in [3.05, 3.63) is 307 Å². The molecule has 5 nitrogen and oxygen atoms in total. The number of nitrogens with zero attached hydrogens (tertiary/aromatic N) is 4. The number of aromatic nitrogens is 4. The van der Waals surface area contributed by atoms with Gasteiger partial charge in [-0.25, -0.2) is 4.98 Å². The van der Waals surface area contributed by atoms with Crippen molar-refractivity contribution in [3.63, 3.8) is 0 Å². The summed E-state index contributed by atoms with van der Waals surface area (Å²) in [5.74, 6) is 0.0457. The van der Waals surface area contributed by atoms with Crippen molar-refractivity contribution in [1.29, 1.82) is 0 Å². The van der Waals surface area contributed by atoms with Gasteiger partial charge >= 0.3 is 0 Å². The van der Waals surface area contributed by atoms with Crippen molar-refractivity contribution in [2.45, 2.75) is 109 Å². The van der Waals surface area contributed by atoms with Gasteiger partial charge in [-0.05, 0) is 154 Å². The summed E-state index contributed by atoms with van der Waals surface area (Å²) in [6.45, 7) is -39.4. The Labute approximate surface area is 638 Å². The van der Waals surface area contributed by atoms with Crippen LogP contribution in [0.25, 0.3) is 83.4 Å². The Balaban J connectivity index is 0.0000143. The third-order valence-electron chi connectivity index (χ3n) is 17.5. The van der Waals surface area contributed by atoms with E-state index in [0.717, 1.165) is 43.5 Å². The van der Waals surface area contributed by atoms with Crippen LogP contribution in [-0.4, -0.2) is 22.2 Å². The van der Waals surface area contributed by atoms with Gasteiger partial charge in [0.15, 0.2) is 8.07 Å². The van der Waals surface area contributed by atoms with E-state index < -0.39 is 203 Å². The van der Waals surface area contributed by atoms with Crippen molar-refractivity contribution >= 4 is 61.7 Å². The molecule has 14 aromatic rings. The standard InChI is InChI=1S/C89H78N4OSi.Pt/c1-60-52-84(90-58-75(60)61-26-23-35-70(53-61)95(67-29-13-10-14-30-67,68-31-15-11-16-32-68)69-33-17-12-18-34-69)93-80-39-20-19-36-73(80)74-45-44-66(57-83(74)93)94-65-28-24-27-64(56-65)91-59-92(82-41-22-21-40-81(82)91)85-71(62-42-46-76-78(54-62)88(6,7)50-48-86(76,2)3)37-25-38-72(85)63-43-47-77-79(55-63)89(8,9)51-49-87(77,4)5;/h10-47,52-55,58H,48-51H2,1-9H3;/q-2;/i1D3,2D3,3D3,4D3,5D3,6D3,7D3,8D3,9D3,42D,43D,46D,47D,48D2,49D2,50D2,51D2,54D,55D;. The zero-order valence-corrected chi connectivity index (χ0v) is 53.6. The van der Waals surface area contributed by atoms with Gasteiger partial charge in [0.25, 0.3) is 6.33 Å². The summed E-state index contributed by atoms with van der Waals surface area (Å²) in [4.78, 5) is 5.04. The molecule has 0 radical (unpaired) electrons. The maximum Gasteiger partial charge on any atom is 0.268 e. The van der Waals surface area contributed by atoms with Crippen LogP contribution >= 0.6 is 0 Å². The molecule has 2 aliphatic carbocycles. The molecule has 0 spiro atoms. The van der Waals surface area contributed by atoms with Crippen LogP contribution in [0, 0.1) is 25.3 Å². The molecule has 2 aliphatic rings. The molecule has 0 N–H and O–H groups in total. The summed E-state index contributed by atoms with van der Waals surface area (Å²) in [5.41, 5.74) is -30.7. The van der Waals surface area contributed by atoms with Gasteiger partial charge < -0.3 is 13.9 Å². The van der Waals surface area contributed by atoms with Gasteiger partial charge in [-0.1, -0.05) is 273 Å². The van der Waals surface area contributed by atoms with Crippen LogP contribution in [0.3, 0.4) is 0 Å². The second-order valence-corrected chi connectivity index (χ2v) is 27.2. The van der Waals surface area contributed by atoms with Crippen LogP contribution in [-0.2, 0) is 42.7 Å². The van der Waals surface area contributed by atoms with E-state index in [1.165, 1.54) is 59.3 Å². The van der Waals surface area contributed by atoms with Crippen molar-refractivity contribution in [3.8, 4) is 62.1 Å². The molecular weight excluding hydrogens is 1360 g/mol. The second-order valence-electron chi connectivity index (χ2n) is 23.4. The van der Waals surface area contributed by atoms with Gasteiger partial charge in [-0.15, -0.1) is 29.7 Å². The average molecular weight is 1480 g/mol. The molecule has 7 heteroatoms. The van der Waals surface area contributed by atoms with Crippen molar-refractivity contribution in [2.75, 3.05) is 0 Å². The molecule has 0 amide bonds. The molecule has 3 aromatic heterocycles. The van der Waals surface area contributed by atoms with E-state index >= 15 is 0 Å². The molecule has 96 heavy (non-hydrogen) atoms. The van der Waals surface area contributed by atoms with E-state index in [2.05, 4.69) is 60.9 Å². The number of imidazole rings is 1. The normalized spacial score (nSPS) is 24.8.